The summed E-state index contributed by atoms with van der Waals surface area (Å²) in [6.07, 6.45) is 5.28. The molecule has 19 heavy (non-hydrogen) atoms. The summed E-state index contributed by atoms with van der Waals surface area (Å²) in [4.78, 5) is 4.31. The third-order valence-electron chi connectivity index (χ3n) is 2.93. The summed E-state index contributed by atoms with van der Waals surface area (Å²) in [7, 11) is 0. The van der Waals surface area contributed by atoms with Gasteiger partial charge in [0.2, 0.25) is 0 Å². The first-order valence-electron chi connectivity index (χ1n) is 6.06. The van der Waals surface area contributed by atoms with Crippen LogP contribution in [-0.4, -0.2) is 21.1 Å². The molecule has 96 valence electrons. The Kier molecular flexibility index (Phi) is 3.33. The summed E-state index contributed by atoms with van der Waals surface area (Å²) >= 11 is 6.37. The van der Waals surface area contributed by atoms with Crippen LogP contribution in [0.25, 0.3) is 5.52 Å². The van der Waals surface area contributed by atoms with Gasteiger partial charge in [0.05, 0.1) is 11.6 Å². The Hall–Kier alpha value is -2.07. The van der Waals surface area contributed by atoms with Crippen LogP contribution in [-0.2, 0) is 0 Å². The molecule has 0 saturated heterocycles. The molecule has 1 atom stereocenters. The van der Waals surface area contributed by atoms with Crippen LogP contribution < -0.4 is 5.32 Å². The molecule has 0 saturated carbocycles. The highest BCUT2D eigenvalue weighted by atomic mass is 35.5. The van der Waals surface area contributed by atoms with Crippen molar-refractivity contribution in [2.45, 2.75) is 5.38 Å². The summed E-state index contributed by atoms with van der Waals surface area (Å²) in [6.45, 7) is 0.615. The van der Waals surface area contributed by atoms with Gasteiger partial charge in [-0.2, -0.15) is 5.10 Å². The van der Waals surface area contributed by atoms with E-state index >= 15 is 0 Å². The second-order valence-electron chi connectivity index (χ2n) is 4.20. The third kappa shape index (κ3) is 2.53. The minimum absolute atomic E-state index is 0.0915. The number of nitrogens with zero attached hydrogens (tertiary/aromatic N) is 3. The zero-order valence-electron chi connectivity index (χ0n) is 10.2. The van der Waals surface area contributed by atoms with E-state index in [0.29, 0.717) is 6.54 Å². The molecule has 0 aliphatic heterocycles. The van der Waals surface area contributed by atoms with E-state index in [1.54, 1.807) is 16.9 Å². The maximum absolute atomic E-state index is 6.37. The molecule has 0 spiro atoms. The van der Waals surface area contributed by atoms with E-state index in [4.69, 9.17) is 11.6 Å². The highest BCUT2D eigenvalue weighted by Gasteiger charge is 2.09. The lowest BCUT2D eigenvalue weighted by molar-refractivity contribution is 0.929. The van der Waals surface area contributed by atoms with E-state index in [9.17, 15) is 0 Å². The Morgan fingerprint density at radius 3 is 2.84 bits per heavy atom. The van der Waals surface area contributed by atoms with E-state index < -0.39 is 0 Å². The molecular weight excluding hydrogens is 260 g/mol. The zero-order valence-corrected chi connectivity index (χ0v) is 11.0. The van der Waals surface area contributed by atoms with Gasteiger partial charge in [0.15, 0.2) is 5.82 Å². The van der Waals surface area contributed by atoms with E-state index in [-0.39, 0.29) is 5.38 Å². The highest BCUT2D eigenvalue weighted by Crippen LogP contribution is 2.21. The molecule has 0 aliphatic rings. The number of nitrogens with one attached hydrogen (secondary N) is 1. The predicted octanol–water partition coefficient (Wildman–Crippen LogP) is 3.12. The van der Waals surface area contributed by atoms with E-state index in [1.807, 2.05) is 42.6 Å². The molecule has 0 aliphatic carbocycles. The summed E-state index contributed by atoms with van der Waals surface area (Å²) in [5.41, 5.74) is 2.04. The summed E-state index contributed by atoms with van der Waals surface area (Å²) in [5.74, 6) is 0.793. The number of halogens is 1. The number of alkyl halides is 1. The van der Waals surface area contributed by atoms with Crippen molar-refractivity contribution in [3.05, 3.63) is 60.6 Å². The second-order valence-corrected chi connectivity index (χ2v) is 4.72. The average Bonchev–Trinajstić information content (AvgIpc) is 2.94. The lowest BCUT2D eigenvalue weighted by atomic mass is 10.1. The van der Waals surface area contributed by atoms with E-state index in [0.717, 1.165) is 16.9 Å². The molecule has 3 rings (SSSR count). The third-order valence-corrected chi connectivity index (χ3v) is 3.34. The van der Waals surface area contributed by atoms with Crippen LogP contribution in [0, 0.1) is 0 Å². The van der Waals surface area contributed by atoms with Gasteiger partial charge in [-0.1, -0.05) is 30.3 Å². The molecule has 1 N–H and O–H groups in total. The van der Waals surface area contributed by atoms with Gasteiger partial charge in [-0.15, -0.1) is 11.6 Å². The van der Waals surface area contributed by atoms with Crippen LogP contribution in [0.5, 0.6) is 0 Å². The fraction of sp³-hybridized carbons (Fsp3) is 0.143. The first-order chi connectivity index (χ1) is 9.34. The van der Waals surface area contributed by atoms with Crippen molar-refractivity contribution in [3.8, 4) is 0 Å². The van der Waals surface area contributed by atoms with Gasteiger partial charge in [-0.05, 0) is 11.6 Å². The molecule has 3 aromatic rings. The molecule has 4 nitrogen and oxygen atoms in total. The monoisotopic (exact) mass is 272 g/mol. The largest absolute Gasteiger partial charge is 0.366 e. The lowest BCUT2D eigenvalue weighted by Gasteiger charge is -2.12. The number of hydrogen-bond acceptors (Lipinski definition) is 3. The van der Waals surface area contributed by atoms with E-state index in [2.05, 4.69) is 15.4 Å². The van der Waals surface area contributed by atoms with Gasteiger partial charge < -0.3 is 5.32 Å². The van der Waals surface area contributed by atoms with E-state index in [1.165, 1.54) is 0 Å². The summed E-state index contributed by atoms with van der Waals surface area (Å²) < 4.78 is 1.78. The smallest absolute Gasteiger partial charge is 0.152 e. The molecule has 2 heterocycles. The molecule has 2 aromatic heterocycles. The van der Waals surface area contributed by atoms with Crippen molar-refractivity contribution in [1.29, 1.82) is 0 Å². The Labute approximate surface area is 116 Å². The number of benzene rings is 1. The molecule has 1 aromatic carbocycles. The maximum Gasteiger partial charge on any atom is 0.152 e. The zero-order chi connectivity index (χ0) is 13.1. The fourth-order valence-electron chi connectivity index (χ4n) is 1.96. The number of rotatable bonds is 4. The van der Waals surface area contributed by atoms with Gasteiger partial charge in [-0.25, -0.2) is 9.50 Å². The molecule has 5 heteroatoms. The quantitative estimate of drug-likeness (QED) is 0.742. The van der Waals surface area contributed by atoms with Crippen LogP contribution in [0.4, 0.5) is 5.82 Å². The molecule has 0 bridgehead atoms. The summed E-state index contributed by atoms with van der Waals surface area (Å²) in [6, 6.07) is 11.9. The van der Waals surface area contributed by atoms with Gasteiger partial charge in [0.1, 0.15) is 5.52 Å². The number of hydrogen-bond donors (Lipinski definition) is 1. The molecule has 0 radical (unpaired) electrons. The first-order valence-corrected chi connectivity index (χ1v) is 6.49. The Morgan fingerprint density at radius 2 is 2.00 bits per heavy atom. The summed E-state index contributed by atoms with van der Waals surface area (Å²) in [5, 5.41) is 7.34. The molecular formula is C14H13ClN4. The predicted molar refractivity (Wildman–Crippen MR) is 76.5 cm³/mol. The lowest BCUT2D eigenvalue weighted by Crippen LogP contribution is -2.10. The SMILES string of the molecule is ClC(CNc1nccn2nccc12)c1ccccc1. The van der Waals surface area contributed by atoms with Gasteiger partial charge in [0, 0.05) is 18.9 Å². The van der Waals surface area contributed by atoms with Gasteiger partial charge in [0.25, 0.3) is 0 Å². The Morgan fingerprint density at radius 1 is 1.16 bits per heavy atom. The average molecular weight is 273 g/mol. The Bertz CT molecular complexity index is 665. The first kappa shape index (κ1) is 12.0. The maximum atomic E-state index is 6.37. The van der Waals surface area contributed by atoms with Crippen molar-refractivity contribution in [3.63, 3.8) is 0 Å². The van der Waals surface area contributed by atoms with Crippen LogP contribution in [0.2, 0.25) is 0 Å². The highest BCUT2D eigenvalue weighted by molar-refractivity contribution is 6.21. The van der Waals surface area contributed by atoms with Gasteiger partial charge >= 0.3 is 0 Å². The number of aromatic nitrogens is 3. The minimum atomic E-state index is -0.0915. The van der Waals surface area contributed by atoms with Crippen LogP contribution >= 0.6 is 11.6 Å². The molecule has 0 fully saturated rings. The number of anilines is 1. The van der Waals surface area contributed by atoms with Crippen molar-refractivity contribution < 1.29 is 0 Å². The normalized spacial score (nSPS) is 12.5. The molecule has 0 amide bonds. The Balaban J connectivity index is 1.74. The van der Waals surface area contributed by atoms with Crippen LogP contribution in [0.15, 0.2) is 55.0 Å². The standard InChI is InChI=1S/C14H13ClN4/c15-12(11-4-2-1-3-5-11)10-17-14-13-6-7-18-19(13)9-8-16-14/h1-9,12H,10H2,(H,16,17). The topological polar surface area (TPSA) is 42.2 Å². The second kappa shape index (κ2) is 5.28. The van der Waals surface area contributed by atoms with Crippen molar-refractivity contribution in [1.82, 2.24) is 14.6 Å². The van der Waals surface area contributed by atoms with Crippen LogP contribution in [0.3, 0.4) is 0 Å². The van der Waals surface area contributed by atoms with Crippen molar-refractivity contribution in [2.24, 2.45) is 0 Å². The number of fused-ring (bicyclic) bond motifs is 1. The van der Waals surface area contributed by atoms with Crippen molar-refractivity contribution >= 4 is 22.9 Å². The van der Waals surface area contributed by atoms with Crippen molar-refractivity contribution in [2.75, 3.05) is 11.9 Å². The van der Waals surface area contributed by atoms with Crippen LogP contribution in [0.1, 0.15) is 10.9 Å². The minimum Gasteiger partial charge on any atom is -0.366 e. The fourth-order valence-corrected chi connectivity index (χ4v) is 2.18. The van der Waals surface area contributed by atoms with Gasteiger partial charge in [-0.3, -0.25) is 0 Å². The molecule has 1 unspecified atom stereocenters.